The molecule has 10 heteroatoms. The fraction of sp³-hybridized carbons (Fsp3) is 0.261. The molecule has 0 radical (unpaired) electrons. The molecular weight excluding hydrogens is 432 g/mol. The largest absolute Gasteiger partial charge is 0.432 e. The van der Waals surface area contributed by atoms with E-state index in [9.17, 15) is 18.4 Å². The van der Waals surface area contributed by atoms with Gasteiger partial charge in [-0.3, -0.25) is 9.78 Å². The van der Waals surface area contributed by atoms with Crippen LogP contribution in [0.2, 0.25) is 0 Å². The Hall–Kier alpha value is -3.79. The van der Waals surface area contributed by atoms with Crippen molar-refractivity contribution in [1.29, 1.82) is 0 Å². The van der Waals surface area contributed by atoms with Crippen LogP contribution < -0.4 is 20.7 Å². The first-order valence-electron chi connectivity index (χ1n) is 10.2. The van der Waals surface area contributed by atoms with Crippen molar-refractivity contribution in [2.45, 2.75) is 13.2 Å². The Morgan fingerprint density at radius 1 is 1.09 bits per heavy atom. The Labute approximate surface area is 189 Å². The van der Waals surface area contributed by atoms with Gasteiger partial charge in [-0.05, 0) is 56.1 Å². The first kappa shape index (κ1) is 23.9. The molecule has 8 nitrogen and oxygen atoms in total. The van der Waals surface area contributed by atoms with E-state index >= 15 is 0 Å². The molecule has 174 valence electrons. The number of likely N-dealkylation sites (N-methyl/N-ethyl adjacent to an activating group) is 1. The predicted octanol–water partition coefficient (Wildman–Crippen LogP) is 3.45. The number of ether oxygens (including phenoxy) is 1. The van der Waals surface area contributed by atoms with Crippen LogP contribution in [0.25, 0.3) is 10.9 Å². The lowest BCUT2D eigenvalue weighted by Gasteiger charge is -2.13. The van der Waals surface area contributed by atoms with E-state index in [0.717, 1.165) is 12.1 Å². The number of halogens is 2. The Morgan fingerprint density at radius 2 is 1.91 bits per heavy atom. The number of fused-ring (bicyclic) bond motifs is 1. The number of anilines is 1. The first-order valence-corrected chi connectivity index (χ1v) is 10.2. The number of aromatic nitrogens is 1. The summed E-state index contributed by atoms with van der Waals surface area (Å²) >= 11 is 0. The van der Waals surface area contributed by atoms with Gasteiger partial charge in [-0.15, -0.1) is 0 Å². The number of hydrogen-bond donors (Lipinski definition) is 3. The van der Waals surface area contributed by atoms with Crippen molar-refractivity contribution in [3.8, 4) is 5.75 Å². The second-order valence-electron chi connectivity index (χ2n) is 7.46. The topological polar surface area (TPSA) is 95.6 Å². The maximum atomic E-state index is 12.6. The molecule has 1 aromatic heterocycles. The van der Waals surface area contributed by atoms with Gasteiger partial charge in [0.15, 0.2) is 5.75 Å². The van der Waals surface area contributed by atoms with Crippen LogP contribution in [0.5, 0.6) is 5.75 Å². The van der Waals surface area contributed by atoms with Gasteiger partial charge in [0.05, 0.1) is 5.69 Å². The van der Waals surface area contributed by atoms with E-state index in [0.29, 0.717) is 23.2 Å². The third kappa shape index (κ3) is 6.84. The molecule has 0 atom stereocenters. The predicted molar refractivity (Wildman–Crippen MR) is 122 cm³/mol. The van der Waals surface area contributed by atoms with E-state index < -0.39 is 12.6 Å². The molecule has 3 amide bonds. The molecule has 0 spiro atoms. The molecule has 0 unspecified atom stereocenters. The molecule has 1 heterocycles. The molecule has 0 fully saturated rings. The molecule has 0 saturated carbocycles. The van der Waals surface area contributed by atoms with Gasteiger partial charge in [-0.25, -0.2) is 4.79 Å². The molecule has 3 aromatic rings. The molecule has 0 aliphatic heterocycles. The van der Waals surface area contributed by atoms with Crippen LogP contribution >= 0.6 is 0 Å². The van der Waals surface area contributed by atoms with E-state index in [1.165, 1.54) is 18.3 Å². The van der Waals surface area contributed by atoms with E-state index in [2.05, 4.69) is 25.7 Å². The van der Waals surface area contributed by atoms with Gasteiger partial charge >= 0.3 is 12.6 Å². The summed E-state index contributed by atoms with van der Waals surface area (Å²) in [4.78, 5) is 30.8. The fourth-order valence-corrected chi connectivity index (χ4v) is 3.11. The number of benzene rings is 2. The van der Waals surface area contributed by atoms with Crippen LogP contribution in [0.15, 0.2) is 54.7 Å². The minimum atomic E-state index is -2.98. The molecule has 33 heavy (non-hydrogen) atoms. The van der Waals surface area contributed by atoms with Crippen molar-refractivity contribution in [2.24, 2.45) is 0 Å². The van der Waals surface area contributed by atoms with E-state index in [-0.39, 0.29) is 23.7 Å². The van der Waals surface area contributed by atoms with Crippen molar-refractivity contribution >= 4 is 28.5 Å². The summed E-state index contributed by atoms with van der Waals surface area (Å²) in [6.07, 6.45) is 1.45. The van der Waals surface area contributed by atoms with Crippen LogP contribution in [-0.2, 0) is 6.54 Å². The van der Waals surface area contributed by atoms with Gasteiger partial charge in [0, 0.05) is 36.8 Å². The normalized spacial score (nSPS) is 11.0. The van der Waals surface area contributed by atoms with Gasteiger partial charge in [0.25, 0.3) is 5.91 Å². The number of hydrogen-bond acceptors (Lipinski definition) is 5. The van der Waals surface area contributed by atoms with Crippen LogP contribution in [0.3, 0.4) is 0 Å². The van der Waals surface area contributed by atoms with Gasteiger partial charge in [0.2, 0.25) is 0 Å². The highest BCUT2D eigenvalue weighted by Gasteiger charge is 2.14. The lowest BCUT2D eigenvalue weighted by Crippen LogP contribution is -2.31. The number of pyridine rings is 1. The average molecular weight is 457 g/mol. The molecule has 0 aliphatic rings. The van der Waals surface area contributed by atoms with Gasteiger partial charge in [0.1, 0.15) is 5.52 Å². The van der Waals surface area contributed by atoms with Gasteiger partial charge in [-0.1, -0.05) is 12.1 Å². The summed E-state index contributed by atoms with van der Waals surface area (Å²) in [7, 11) is 3.85. The highest BCUT2D eigenvalue weighted by molar-refractivity contribution is 6.02. The summed E-state index contributed by atoms with van der Waals surface area (Å²) in [6, 6.07) is 12.5. The molecule has 3 N–H and O–H groups in total. The number of urea groups is 1. The van der Waals surface area contributed by atoms with E-state index in [1.807, 2.05) is 19.0 Å². The number of alkyl halides is 2. The number of nitrogens with one attached hydrogen (secondary N) is 3. The molecule has 0 aliphatic carbocycles. The zero-order valence-electron chi connectivity index (χ0n) is 18.3. The van der Waals surface area contributed by atoms with Crippen molar-refractivity contribution in [2.75, 3.05) is 32.5 Å². The van der Waals surface area contributed by atoms with Crippen molar-refractivity contribution in [3.05, 3.63) is 65.9 Å². The fourth-order valence-electron chi connectivity index (χ4n) is 3.11. The maximum absolute atomic E-state index is 12.6. The monoisotopic (exact) mass is 457 g/mol. The van der Waals surface area contributed by atoms with Crippen molar-refractivity contribution < 1.29 is 23.1 Å². The van der Waals surface area contributed by atoms with Crippen LogP contribution in [0, 0.1) is 0 Å². The molecule has 2 aromatic carbocycles. The van der Waals surface area contributed by atoms with Crippen molar-refractivity contribution in [3.63, 3.8) is 0 Å². The zero-order valence-corrected chi connectivity index (χ0v) is 18.3. The quantitative estimate of drug-likeness (QED) is 0.458. The maximum Gasteiger partial charge on any atom is 0.387 e. The van der Waals surface area contributed by atoms with Crippen LogP contribution in [0.4, 0.5) is 19.3 Å². The third-order valence-electron chi connectivity index (χ3n) is 4.68. The number of rotatable bonds is 9. The third-order valence-corrected chi connectivity index (χ3v) is 4.68. The van der Waals surface area contributed by atoms with Crippen LogP contribution in [-0.4, -0.2) is 55.6 Å². The Balaban J connectivity index is 1.62. The summed E-state index contributed by atoms with van der Waals surface area (Å²) in [5.74, 6) is -0.263. The Morgan fingerprint density at radius 3 is 2.67 bits per heavy atom. The average Bonchev–Trinajstić information content (AvgIpc) is 2.79. The lowest BCUT2D eigenvalue weighted by molar-refractivity contribution is -0.0489. The van der Waals surface area contributed by atoms with E-state index in [1.54, 1.807) is 36.4 Å². The summed E-state index contributed by atoms with van der Waals surface area (Å²) in [5.41, 5.74) is 1.85. The molecule has 0 bridgehead atoms. The Kier molecular flexibility index (Phi) is 8.09. The molecular formula is C23H25F2N5O3. The Bertz CT molecular complexity index is 1120. The zero-order chi connectivity index (χ0) is 23.8. The first-order chi connectivity index (χ1) is 15.8. The number of carbonyl (C=O) groups is 2. The standard InChI is InChI=1S/C23H25F2N5O3/c1-30(2)12-11-27-21(31)16-6-3-5-15(13-16)14-28-23(32)29-18-8-9-19(33-22(24)25)20-17(18)7-4-10-26-20/h3-10,13,22H,11-12,14H2,1-2H3,(H,27,31)(H2,28,29,32). The second-order valence-corrected chi connectivity index (χ2v) is 7.46. The lowest BCUT2D eigenvalue weighted by atomic mass is 10.1. The second kappa shape index (κ2) is 11.2. The van der Waals surface area contributed by atoms with Crippen LogP contribution in [0.1, 0.15) is 15.9 Å². The molecule has 3 rings (SSSR count). The highest BCUT2D eigenvalue weighted by Crippen LogP contribution is 2.30. The highest BCUT2D eigenvalue weighted by atomic mass is 19.3. The van der Waals surface area contributed by atoms with E-state index in [4.69, 9.17) is 0 Å². The minimum absolute atomic E-state index is 0.0766. The number of nitrogens with zero attached hydrogens (tertiary/aromatic N) is 2. The minimum Gasteiger partial charge on any atom is -0.432 e. The van der Waals surface area contributed by atoms with Crippen molar-refractivity contribution in [1.82, 2.24) is 20.5 Å². The summed E-state index contributed by atoms with van der Waals surface area (Å²) in [6.45, 7) is -1.54. The summed E-state index contributed by atoms with van der Waals surface area (Å²) < 4.78 is 29.8. The smallest absolute Gasteiger partial charge is 0.387 e. The van der Waals surface area contributed by atoms with Gasteiger partial charge in [-0.2, -0.15) is 8.78 Å². The van der Waals surface area contributed by atoms with Gasteiger partial charge < -0.3 is 25.6 Å². The SMILES string of the molecule is CN(C)CCNC(=O)c1cccc(CNC(=O)Nc2ccc(OC(F)F)c3ncccc23)c1. The number of amides is 3. The number of carbonyl (C=O) groups excluding carboxylic acids is 2. The summed E-state index contributed by atoms with van der Waals surface area (Å²) in [5, 5.41) is 8.72. The molecule has 0 saturated heterocycles.